The molecule has 0 bridgehead atoms. The van der Waals surface area contributed by atoms with Crippen molar-refractivity contribution in [1.29, 1.82) is 0 Å². The number of nitrogens with zero attached hydrogens (tertiary/aromatic N) is 5. The van der Waals surface area contributed by atoms with Crippen molar-refractivity contribution in [2.75, 3.05) is 19.0 Å². The van der Waals surface area contributed by atoms with Crippen molar-refractivity contribution in [3.63, 3.8) is 0 Å². The van der Waals surface area contributed by atoms with E-state index in [9.17, 15) is 9.18 Å². The maximum Gasteiger partial charge on any atom is 0.256 e. The van der Waals surface area contributed by atoms with Gasteiger partial charge in [0, 0.05) is 13.6 Å². The molecule has 1 N–H and O–H groups in total. The van der Waals surface area contributed by atoms with Crippen molar-refractivity contribution < 1.29 is 9.18 Å². The Labute approximate surface area is 155 Å². The molecule has 1 aromatic carbocycles. The molecule has 4 rings (SSSR count). The monoisotopic (exact) mass is 366 g/mol. The van der Waals surface area contributed by atoms with Crippen LogP contribution in [0.1, 0.15) is 28.9 Å². The van der Waals surface area contributed by atoms with Crippen molar-refractivity contribution >= 4 is 17.4 Å². The van der Waals surface area contributed by atoms with E-state index in [4.69, 9.17) is 0 Å². The smallest absolute Gasteiger partial charge is 0.256 e. The van der Waals surface area contributed by atoms with Crippen molar-refractivity contribution in [2.24, 2.45) is 0 Å². The lowest BCUT2D eigenvalue weighted by atomic mass is 10.1. The van der Waals surface area contributed by atoms with Gasteiger partial charge in [-0.15, -0.1) is 10.2 Å². The number of hydrogen-bond donors (Lipinski definition) is 1. The highest BCUT2D eigenvalue weighted by molar-refractivity contribution is 6.03. The molecule has 27 heavy (non-hydrogen) atoms. The van der Waals surface area contributed by atoms with Gasteiger partial charge in [-0.05, 0) is 30.7 Å². The summed E-state index contributed by atoms with van der Waals surface area (Å²) in [5.41, 5.74) is 2.94. The number of carbonyl (C=O) groups is 1. The molecule has 0 radical (unpaired) electrons. The Kier molecular flexibility index (Phi) is 4.31. The Morgan fingerprint density at radius 3 is 2.89 bits per heavy atom. The van der Waals surface area contributed by atoms with Crippen LogP contribution in [-0.4, -0.2) is 44.3 Å². The Balaban J connectivity index is 1.67. The zero-order valence-electron chi connectivity index (χ0n) is 15.1. The first kappa shape index (κ1) is 17.1. The molecule has 0 unspecified atom stereocenters. The van der Waals surface area contributed by atoms with Crippen LogP contribution in [0.15, 0.2) is 42.7 Å². The first-order chi connectivity index (χ1) is 13.1. The van der Waals surface area contributed by atoms with Crippen LogP contribution in [0, 0.1) is 0 Å². The fourth-order valence-corrected chi connectivity index (χ4v) is 3.20. The van der Waals surface area contributed by atoms with Crippen molar-refractivity contribution in [2.45, 2.75) is 19.5 Å². The topological polar surface area (TPSA) is 75.9 Å². The molecule has 7 nitrogen and oxygen atoms in total. The highest BCUT2D eigenvalue weighted by Gasteiger charge is 2.27. The summed E-state index contributed by atoms with van der Waals surface area (Å²) in [6, 6.07) is 10.8. The number of amides is 1. The van der Waals surface area contributed by atoms with Crippen LogP contribution < -0.4 is 5.32 Å². The standard InChI is InChI=1S/C19H19FN6O/c1-12(9-20)26-11-21-24-18(26)15-7-4-8-16(23-15)22-14-6-3-5-13-10-25(2)19(27)17(13)14/h3-8,11-12H,9-10H2,1-2H3,(H,22,23)/t12-/m1/s1. The lowest BCUT2D eigenvalue weighted by Crippen LogP contribution is -2.18. The first-order valence-electron chi connectivity index (χ1n) is 8.65. The number of aromatic nitrogens is 4. The second-order valence-corrected chi connectivity index (χ2v) is 6.60. The molecule has 3 heterocycles. The molecule has 0 aliphatic carbocycles. The molecule has 0 saturated carbocycles. The first-order valence-corrected chi connectivity index (χ1v) is 8.65. The number of benzene rings is 1. The molecule has 0 spiro atoms. The molecule has 1 amide bonds. The van der Waals surface area contributed by atoms with Crippen LogP contribution in [0.5, 0.6) is 0 Å². The van der Waals surface area contributed by atoms with E-state index in [0.29, 0.717) is 35.1 Å². The van der Waals surface area contributed by atoms with Gasteiger partial charge in [0.15, 0.2) is 5.82 Å². The highest BCUT2D eigenvalue weighted by atomic mass is 19.1. The molecule has 2 aromatic heterocycles. The predicted molar refractivity (Wildman–Crippen MR) is 99.5 cm³/mol. The zero-order valence-corrected chi connectivity index (χ0v) is 15.1. The van der Waals surface area contributed by atoms with Gasteiger partial charge in [-0.3, -0.25) is 4.79 Å². The van der Waals surface area contributed by atoms with E-state index in [2.05, 4.69) is 20.5 Å². The number of anilines is 2. The Hall–Kier alpha value is -3.29. The lowest BCUT2D eigenvalue weighted by molar-refractivity contribution is 0.0817. The number of alkyl halides is 1. The van der Waals surface area contributed by atoms with Gasteiger partial charge in [0.25, 0.3) is 5.91 Å². The molecular weight excluding hydrogens is 347 g/mol. The number of nitrogens with one attached hydrogen (secondary N) is 1. The molecule has 3 aromatic rings. The van der Waals surface area contributed by atoms with Gasteiger partial charge in [-0.1, -0.05) is 18.2 Å². The summed E-state index contributed by atoms with van der Waals surface area (Å²) in [6.07, 6.45) is 1.50. The summed E-state index contributed by atoms with van der Waals surface area (Å²) >= 11 is 0. The van der Waals surface area contributed by atoms with E-state index >= 15 is 0 Å². The molecule has 1 aliphatic rings. The molecule has 0 saturated heterocycles. The fourth-order valence-electron chi connectivity index (χ4n) is 3.20. The van der Waals surface area contributed by atoms with Gasteiger partial charge in [-0.2, -0.15) is 0 Å². The number of fused-ring (bicyclic) bond motifs is 1. The van der Waals surface area contributed by atoms with Crippen LogP contribution in [-0.2, 0) is 6.54 Å². The number of halogens is 1. The third kappa shape index (κ3) is 3.03. The second kappa shape index (κ2) is 6.79. The molecule has 8 heteroatoms. The van der Waals surface area contributed by atoms with E-state index in [1.165, 1.54) is 6.33 Å². The largest absolute Gasteiger partial charge is 0.340 e. The molecule has 0 fully saturated rings. The van der Waals surface area contributed by atoms with Crippen molar-refractivity contribution in [1.82, 2.24) is 24.6 Å². The van der Waals surface area contributed by atoms with Crippen LogP contribution in [0.2, 0.25) is 0 Å². The van der Waals surface area contributed by atoms with Crippen LogP contribution >= 0.6 is 0 Å². The summed E-state index contributed by atoms with van der Waals surface area (Å²) in [5.74, 6) is 1.06. The van der Waals surface area contributed by atoms with E-state index in [0.717, 1.165) is 5.56 Å². The quantitative estimate of drug-likeness (QED) is 0.750. The van der Waals surface area contributed by atoms with Gasteiger partial charge in [0.2, 0.25) is 0 Å². The van der Waals surface area contributed by atoms with E-state index in [1.807, 2.05) is 30.3 Å². The summed E-state index contributed by atoms with van der Waals surface area (Å²) < 4.78 is 14.7. The highest BCUT2D eigenvalue weighted by Crippen LogP contribution is 2.30. The summed E-state index contributed by atoms with van der Waals surface area (Å²) in [4.78, 5) is 18.7. The van der Waals surface area contributed by atoms with Crippen LogP contribution in [0.4, 0.5) is 15.9 Å². The zero-order chi connectivity index (χ0) is 19.0. The minimum Gasteiger partial charge on any atom is -0.340 e. The average molecular weight is 366 g/mol. The summed E-state index contributed by atoms with van der Waals surface area (Å²) in [7, 11) is 1.78. The second-order valence-electron chi connectivity index (χ2n) is 6.60. The summed E-state index contributed by atoms with van der Waals surface area (Å²) in [6.45, 7) is 1.83. The molecule has 1 aliphatic heterocycles. The maximum atomic E-state index is 13.1. The molecular formula is C19H19FN6O. The molecule has 1 atom stereocenters. The van der Waals surface area contributed by atoms with Gasteiger partial charge in [0.1, 0.15) is 24.5 Å². The number of carbonyl (C=O) groups excluding carboxylic acids is 1. The third-order valence-corrected chi connectivity index (χ3v) is 4.63. The Morgan fingerprint density at radius 2 is 2.07 bits per heavy atom. The van der Waals surface area contributed by atoms with E-state index < -0.39 is 6.67 Å². The normalized spacial score (nSPS) is 14.3. The van der Waals surface area contributed by atoms with E-state index in [-0.39, 0.29) is 11.9 Å². The minimum absolute atomic E-state index is 0.0132. The van der Waals surface area contributed by atoms with Crippen molar-refractivity contribution in [3.8, 4) is 11.5 Å². The number of hydrogen-bond acceptors (Lipinski definition) is 5. The van der Waals surface area contributed by atoms with Gasteiger partial charge < -0.3 is 14.8 Å². The van der Waals surface area contributed by atoms with Crippen LogP contribution in [0.3, 0.4) is 0 Å². The Morgan fingerprint density at radius 1 is 1.26 bits per heavy atom. The van der Waals surface area contributed by atoms with Gasteiger partial charge in [0.05, 0.1) is 17.3 Å². The third-order valence-electron chi connectivity index (χ3n) is 4.63. The van der Waals surface area contributed by atoms with Gasteiger partial charge >= 0.3 is 0 Å². The Bertz CT molecular complexity index is 1000. The minimum atomic E-state index is -0.519. The number of rotatable bonds is 5. The number of pyridine rings is 1. The van der Waals surface area contributed by atoms with Crippen molar-refractivity contribution in [3.05, 3.63) is 53.9 Å². The van der Waals surface area contributed by atoms with Gasteiger partial charge in [-0.25, -0.2) is 9.37 Å². The average Bonchev–Trinajstić information content (AvgIpc) is 3.27. The van der Waals surface area contributed by atoms with Crippen LogP contribution in [0.25, 0.3) is 11.5 Å². The molecule has 138 valence electrons. The fraction of sp³-hybridized carbons (Fsp3) is 0.263. The summed E-state index contributed by atoms with van der Waals surface area (Å²) in [5, 5.41) is 11.2. The predicted octanol–water partition coefficient (Wildman–Crippen LogP) is 3.20. The lowest BCUT2D eigenvalue weighted by Gasteiger charge is -2.13. The van der Waals surface area contributed by atoms with E-state index in [1.54, 1.807) is 29.5 Å². The maximum absolute atomic E-state index is 13.1. The SMILES string of the molecule is C[C@H](CF)n1cnnc1-c1cccc(Nc2cccc3c2C(=O)N(C)C3)n1.